The van der Waals surface area contributed by atoms with Gasteiger partial charge in [0.25, 0.3) is 0 Å². The molecule has 118 valence electrons. The normalized spacial score (nSPS) is 38.9. The van der Waals surface area contributed by atoms with E-state index < -0.39 is 0 Å². The molecule has 0 aromatic carbocycles. The van der Waals surface area contributed by atoms with Crippen LogP contribution in [0.15, 0.2) is 36.5 Å². The van der Waals surface area contributed by atoms with Gasteiger partial charge in [-0.15, -0.1) is 6.58 Å². The third kappa shape index (κ3) is 3.51. The van der Waals surface area contributed by atoms with E-state index in [2.05, 4.69) is 59.9 Å². The maximum atomic E-state index is 5.68. The Bertz CT molecular complexity index is 456. The van der Waals surface area contributed by atoms with Gasteiger partial charge in [0.1, 0.15) is 0 Å². The molecule has 0 spiro atoms. The van der Waals surface area contributed by atoms with Gasteiger partial charge >= 0.3 is 0 Å². The number of allylic oxidation sites excluding steroid dienone is 3. The van der Waals surface area contributed by atoms with E-state index in [0.29, 0.717) is 17.9 Å². The molecule has 2 aliphatic rings. The predicted octanol–water partition coefficient (Wildman–Crippen LogP) is 5.68. The van der Waals surface area contributed by atoms with E-state index in [1.807, 2.05) is 0 Å². The molecular formula is C20H32O. The van der Waals surface area contributed by atoms with Crippen molar-refractivity contribution in [3.05, 3.63) is 36.5 Å². The van der Waals surface area contributed by atoms with E-state index in [-0.39, 0.29) is 11.0 Å². The van der Waals surface area contributed by atoms with Gasteiger partial charge in [0.15, 0.2) is 0 Å². The number of epoxide rings is 1. The zero-order valence-corrected chi connectivity index (χ0v) is 14.5. The molecule has 1 unspecified atom stereocenters. The van der Waals surface area contributed by atoms with Crippen molar-refractivity contribution in [2.75, 3.05) is 0 Å². The van der Waals surface area contributed by atoms with Crippen LogP contribution < -0.4 is 0 Å². The Balaban J connectivity index is 2.00. The van der Waals surface area contributed by atoms with Crippen molar-refractivity contribution in [3.63, 3.8) is 0 Å². The minimum Gasteiger partial charge on any atom is -0.366 e. The number of hydrogen-bond donors (Lipinski definition) is 0. The van der Waals surface area contributed by atoms with Crippen molar-refractivity contribution in [2.24, 2.45) is 17.3 Å². The molecule has 2 rings (SSSR count). The highest BCUT2D eigenvalue weighted by Gasteiger charge is 2.46. The van der Waals surface area contributed by atoms with Crippen LogP contribution in [0.5, 0.6) is 0 Å². The Labute approximate surface area is 131 Å². The second-order valence-electron chi connectivity index (χ2n) is 7.97. The molecule has 0 aromatic heterocycles. The SMILES string of the molecule is C=C[C@@]1(C)CC[C@H](/C(C)=C/CC2OC2(C)C)C[C@@H]1C(=C)C. The Hall–Kier alpha value is -0.820. The fourth-order valence-electron chi connectivity index (χ4n) is 3.88. The first-order valence-electron chi connectivity index (χ1n) is 8.33. The molecule has 1 saturated carbocycles. The smallest absolute Gasteiger partial charge is 0.0902 e. The molecule has 1 heteroatoms. The van der Waals surface area contributed by atoms with Crippen LogP contribution in [0.25, 0.3) is 0 Å². The summed E-state index contributed by atoms with van der Waals surface area (Å²) in [6.07, 6.45) is 9.75. The van der Waals surface area contributed by atoms with Gasteiger partial charge in [0.2, 0.25) is 0 Å². The highest BCUT2D eigenvalue weighted by atomic mass is 16.6. The number of ether oxygens (including phenoxy) is 1. The Morgan fingerprint density at radius 3 is 2.38 bits per heavy atom. The first-order valence-corrected chi connectivity index (χ1v) is 8.33. The molecule has 1 aliphatic carbocycles. The van der Waals surface area contributed by atoms with Crippen LogP contribution >= 0.6 is 0 Å². The average Bonchev–Trinajstić information content (AvgIpc) is 3.03. The molecule has 0 radical (unpaired) electrons. The molecule has 1 heterocycles. The maximum absolute atomic E-state index is 5.68. The molecule has 0 N–H and O–H groups in total. The molecule has 1 aliphatic heterocycles. The highest BCUT2D eigenvalue weighted by Crippen LogP contribution is 2.49. The Morgan fingerprint density at radius 2 is 1.90 bits per heavy atom. The summed E-state index contributed by atoms with van der Waals surface area (Å²) in [6.45, 7) is 19.5. The van der Waals surface area contributed by atoms with Gasteiger partial charge in [-0.2, -0.15) is 0 Å². The summed E-state index contributed by atoms with van der Waals surface area (Å²) in [5.74, 6) is 1.26. The predicted molar refractivity (Wildman–Crippen MR) is 91.3 cm³/mol. The number of rotatable bonds is 5. The molecular weight excluding hydrogens is 256 g/mol. The van der Waals surface area contributed by atoms with Gasteiger partial charge in [-0.05, 0) is 70.6 Å². The van der Waals surface area contributed by atoms with Crippen molar-refractivity contribution in [2.45, 2.75) is 72.0 Å². The van der Waals surface area contributed by atoms with Crippen LogP contribution in [0.1, 0.15) is 60.3 Å². The van der Waals surface area contributed by atoms with Crippen molar-refractivity contribution in [1.82, 2.24) is 0 Å². The van der Waals surface area contributed by atoms with Gasteiger partial charge in [0, 0.05) is 0 Å². The standard InChI is InChI=1S/C20H32O/c1-8-20(7)12-11-16(13-17(20)14(2)3)15(4)9-10-18-19(5,6)21-18/h8-9,16-18H,1-2,10-13H2,3-7H3/b15-9+/t16-,17+,18?,20-/m0/s1. The largest absolute Gasteiger partial charge is 0.366 e. The highest BCUT2D eigenvalue weighted by molar-refractivity contribution is 5.17. The summed E-state index contributed by atoms with van der Waals surface area (Å²) in [4.78, 5) is 0. The Morgan fingerprint density at radius 1 is 1.29 bits per heavy atom. The summed E-state index contributed by atoms with van der Waals surface area (Å²) in [6, 6.07) is 0. The second-order valence-corrected chi connectivity index (χ2v) is 7.97. The molecule has 21 heavy (non-hydrogen) atoms. The molecule has 4 atom stereocenters. The van der Waals surface area contributed by atoms with E-state index in [1.165, 1.54) is 24.8 Å². The maximum Gasteiger partial charge on any atom is 0.0902 e. The van der Waals surface area contributed by atoms with Gasteiger partial charge in [-0.25, -0.2) is 0 Å². The lowest BCUT2D eigenvalue weighted by Gasteiger charge is -2.43. The Kier molecular flexibility index (Phi) is 4.54. The van der Waals surface area contributed by atoms with Crippen LogP contribution in [0.3, 0.4) is 0 Å². The van der Waals surface area contributed by atoms with E-state index in [0.717, 1.165) is 6.42 Å². The first kappa shape index (κ1) is 16.5. The quantitative estimate of drug-likeness (QED) is 0.468. The summed E-state index contributed by atoms with van der Waals surface area (Å²) in [5, 5.41) is 0. The zero-order chi connectivity index (χ0) is 15.8. The van der Waals surface area contributed by atoms with Crippen LogP contribution in [0.2, 0.25) is 0 Å². The summed E-state index contributed by atoms with van der Waals surface area (Å²) < 4.78 is 5.68. The van der Waals surface area contributed by atoms with Crippen LogP contribution in [-0.2, 0) is 4.74 Å². The first-order chi connectivity index (χ1) is 9.69. The average molecular weight is 288 g/mol. The fraction of sp³-hybridized carbons (Fsp3) is 0.700. The molecule has 1 saturated heterocycles. The van der Waals surface area contributed by atoms with E-state index in [1.54, 1.807) is 5.57 Å². The lowest BCUT2D eigenvalue weighted by Crippen LogP contribution is -2.33. The fourth-order valence-corrected chi connectivity index (χ4v) is 3.88. The topological polar surface area (TPSA) is 12.5 Å². The summed E-state index contributed by atoms with van der Waals surface area (Å²) in [7, 11) is 0. The molecule has 1 nitrogen and oxygen atoms in total. The van der Waals surface area contributed by atoms with Gasteiger partial charge in [0.05, 0.1) is 11.7 Å². The van der Waals surface area contributed by atoms with Crippen LogP contribution in [0, 0.1) is 17.3 Å². The van der Waals surface area contributed by atoms with Crippen molar-refractivity contribution >= 4 is 0 Å². The van der Waals surface area contributed by atoms with Crippen LogP contribution in [0.4, 0.5) is 0 Å². The third-order valence-electron chi connectivity index (χ3n) is 5.87. The number of hydrogen-bond acceptors (Lipinski definition) is 1. The molecule has 2 fully saturated rings. The lowest BCUT2D eigenvalue weighted by molar-refractivity contribution is 0.169. The van der Waals surface area contributed by atoms with Gasteiger partial charge < -0.3 is 4.74 Å². The van der Waals surface area contributed by atoms with Gasteiger partial charge in [-0.3, -0.25) is 0 Å². The van der Waals surface area contributed by atoms with Crippen LogP contribution in [-0.4, -0.2) is 11.7 Å². The van der Waals surface area contributed by atoms with Crippen molar-refractivity contribution < 1.29 is 4.74 Å². The van der Waals surface area contributed by atoms with Gasteiger partial charge in [-0.1, -0.05) is 36.8 Å². The molecule has 0 aromatic rings. The van der Waals surface area contributed by atoms with Crippen molar-refractivity contribution in [3.8, 4) is 0 Å². The lowest BCUT2D eigenvalue weighted by atomic mass is 9.61. The zero-order valence-electron chi connectivity index (χ0n) is 14.5. The summed E-state index contributed by atoms with van der Waals surface area (Å²) in [5.41, 5.74) is 3.18. The van der Waals surface area contributed by atoms with Crippen molar-refractivity contribution in [1.29, 1.82) is 0 Å². The molecule has 0 amide bonds. The minimum atomic E-state index is 0.102. The van der Waals surface area contributed by atoms with E-state index in [9.17, 15) is 0 Å². The molecule has 0 bridgehead atoms. The third-order valence-corrected chi connectivity index (χ3v) is 5.87. The monoisotopic (exact) mass is 288 g/mol. The van der Waals surface area contributed by atoms with E-state index >= 15 is 0 Å². The van der Waals surface area contributed by atoms with E-state index in [4.69, 9.17) is 4.74 Å². The minimum absolute atomic E-state index is 0.102. The summed E-state index contributed by atoms with van der Waals surface area (Å²) >= 11 is 0. The second kappa shape index (κ2) is 5.76.